The molecule has 1 aliphatic heterocycles. The fraction of sp³-hybridized carbons (Fsp3) is 0.500. The fourth-order valence-electron chi connectivity index (χ4n) is 1.91. The monoisotopic (exact) mass is 297 g/mol. The lowest BCUT2D eigenvalue weighted by molar-refractivity contribution is -0.127. The molecule has 1 saturated heterocycles. The van der Waals surface area contributed by atoms with Gasteiger partial charge in [-0.1, -0.05) is 0 Å². The normalized spacial score (nSPS) is 15.4. The molecule has 4 nitrogen and oxygen atoms in total. The summed E-state index contributed by atoms with van der Waals surface area (Å²) in [5.41, 5.74) is 0. The number of carbonyl (C=O) groups excluding carboxylic acids is 1. The summed E-state index contributed by atoms with van der Waals surface area (Å²) in [4.78, 5) is 17.5. The van der Waals surface area contributed by atoms with Crippen LogP contribution < -0.4 is 5.32 Å². The van der Waals surface area contributed by atoms with E-state index in [1.54, 1.807) is 6.20 Å². The zero-order chi connectivity index (χ0) is 12.1. The number of nitrogens with one attached hydrogen (secondary N) is 1. The van der Waals surface area contributed by atoms with Crippen molar-refractivity contribution in [2.75, 3.05) is 25.0 Å². The number of nitrogens with zero attached hydrogens (tertiary/aromatic N) is 2. The molecular weight excluding hydrogens is 282 g/mol. The van der Waals surface area contributed by atoms with Gasteiger partial charge >= 0.3 is 0 Å². The molecular formula is C12H16BrN3O. The van der Waals surface area contributed by atoms with Crippen LogP contribution in [0.4, 0.5) is 5.82 Å². The van der Waals surface area contributed by atoms with Crippen molar-refractivity contribution >= 4 is 27.7 Å². The van der Waals surface area contributed by atoms with E-state index in [2.05, 4.69) is 26.2 Å². The van der Waals surface area contributed by atoms with E-state index in [9.17, 15) is 4.79 Å². The van der Waals surface area contributed by atoms with Crippen LogP contribution in [-0.2, 0) is 4.79 Å². The number of pyridine rings is 1. The van der Waals surface area contributed by atoms with Crippen LogP contribution in [0.1, 0.15) is 19.3 Å². The van der Waals surface area contributed by atoms with Gasteiger partial charge in [0.1, 0.15) is 5.82 Å². The Morgan fingerprint density at radius 2 is 2.35 bits per heavy atom. The molecule has 2 rings (SSSR count). The van der Waals surface area contributed by atoms with Crippen LogP contribution >= 0.6 is 15.9 Å². The molecule has 0 atom stereocenters. The Hall–Kier alpha value is -1.10. The highest BCUT2D eigenvalue weighted by molar-refractivity contribution is 9.10. The van der Waals surface area contributed by atoms with E-state index in [0.717, 1.165) is 49.2 Å². The average molecular weight is 298 g/mol. The van der Waals surface area contributed by atoms with Gasteiger partial charge in [0.15, 0.2) is 0 Å². The summed E-state index contributed by atoms with van der Waals surface area (Å²) in [6, 6.07) is 3.89. The number of hydrogen-bond acceptors (Lipinski definition) is 3. The Morgan fingerprint density at radius 3 is 3.00 bits per heavy atom. The summed E-state index contributed by atoms with van der Waals surface area (Å²) >= 11 is 3.34. The molecule has 0 aliphatic carbocycles. The molecule has 1 N–H and O–H groups in total. The van der Waals surface area contributed by atoms with Gasteiger partial charge in [0, 0.05) is 36.7 Å². The zero-order valence-corrected chi connectivity index (χ0v) is 11.2. The van der Waals surface area contributed by atoms with Gasteiger partial charge in [-0.3, -0.25) is 4.79 Å². The second-order valence-electron chi connectivity index (χ2n) is 4.13. The lowest BCUT2D eigenvalue weighted by Gasteiger charge is -2.15. The van der Waals surface area contributed by atoms with E-state index in [-0.39, 0.29) is 0 Å². The van der Waals surface area contributed by atoms with Gasteiger partial charge < -0.3 is 10.2 Å². The molecule has 0 bridgehead atoms. The van der Waals surface area contributed by atoms with Crippen molar-refractivity contribution in [2.24, 2.45) is 0 Å². The lowest BCUT2D eigenvalue weighted by Crippen LogP contribution is -2.27. The van der Waals surface area contributed by atoms with Gasteiger partial charge in [-0.2, -0.15) is 0 Å². The van der Waals surface area contributed by atoms with E-state index in [1.807, 2.05) is 17.0 Å². The number of likely N-dealkylation sites (tertiary alicyclic amines) is 1. The topological polar surface area (TPSA) is 45.2 Å². The summed E-state index contributed by atoms with van der Waals surface area (Å²) in [6.45, 7) is 2.62. The van der Waals surface area contributed by atoms with Crippen molar-refractivity contribution in [2.45, 2.75) is 19.3 Å². The van der Waals surface area contributed by atoms with Gasteiger partial charge in [0.05, 0.1) is 0 Å². The Kier molecular flexibility index (Phi) is 4.36. The maximum atomic E-state index is 11.4. The quantitative estimate of drug-likeness (QED) is 0.848. The van der Waals surface area contributed by atoms with Crippen LogP contribution in [0.15, 0.2) is 22.8 Å². The maximum absolute atomic E-state index is 11.4. The van der Waals surface area contributed by atoms with E-state index >= 15 is 0 Å². The molecule has 1 aromatic heterocycles. The molecule has 1 amide bonds. The summed E-state index contributed by atoms with van der Waals surface area (Å²) in [6.07, 6.45) is 4.47. The van der Waals surface area contributed by atoms with Gasteiger partial charge in [-0.05, 0) is 40.9 Å². The van der Waals surface area contributed by atoms with E-state index < -0.39 is 0 Å². The van der Waals surface area contributed by atoms with Crippen LogP contribution in [0.3, 0.4) is 0 Å². The first-order chi connectivity index (χ1) is 8.25. The molecule has 1 aliphatic rings. The van der Waals surface area contributed by atoms with Crippen molar-refractivity contribution in [1.29, 1.82) is 0 Å². The smallest absolute Gasteiger partial charge is 0.222 e. The fourth-order valence-corrected chi connectivity index (χ4v) is 2.14. The van der Waals surface area contributed by atoms with Crippen molar-refractivity contribution in [3.63, 3.8) is 0 Å². The summed E-state index contributed by atoms with van der Waals surface area (Å²) in [5.74, 6) is 1.17. The molecule has 0 saturated carbocycles. The largest absolute Gasteiger partial charge is 0.370 e. The van der Waals surface area contributed by atoms with Crippen LogP contribution in [0.25, 0.3) is 0 Å². The second-order valence-corrected chi connectivity index (χ2v) is 5.04. The number of carbonyl (C=O) groups is 1. The van der Waals surface area contributed by atoms with Gasteiger partial charge in [0.2, 0.25) is 5.91 Å². The van der Waals surface area contributed by atoms with E-state index in [1.165, 1.54) is 0 Å². The number of anilines is 1. The highest BCUT2D eigenvalue weighted by atomic mass is 79.9. The van der Waals surface area contributed by atoms with Crippen molar-refractivity contribution in [3.05, 3.63) is 22.8 Å². The number of aromatic nitrogens is 1. The van der Waals surface area contributed by atoms with Crippen molar-refractivity contribution in [1.82, 2.24) is 9.88 Å². The first kappa shape index (κ1) is 12.4. The van der Waals surface area contributed by atoms with E-state index in [4.69, 9.17) is 0 Å². The van der Waals surface area contributed by atoms with E-state index in [0.29, 0.717) is 5.91 Å². The van der Waals surface area contributed by atoms with Crippen molar-refractivity contribution < 1.29 is 4.79 Å². The minimum Gasteiger partial charge on any atom is -0.370 e. The molecule has 0 radical (unpaired) electrons. The summed E-state index contributed by atoms with van der Waals surface area (Å²) < 4.78 is 0.978. The third kappa shape index (κ3) is 3.70. The molecule has 0 unspecified atom stereocenters. The minimum atomic E-state index is 0.298. The molecule has 92 valence electrons. The lowest BCUT2D eigenvalue weighted by atomic mass is 10.3. The molecule has 5 heteroatoms. The second kappa shape index (κ2) is 6.00. The zero-order valence-electron chi connectivity index (χ0n) is 9.66. The molecule has 0 aromatic carbocycles. The summed E-state index contributed by atoms with van der Waals surface area (Å²) in [7, 11) is 0. The van der Waals surface area contributed by atoms with Crippen molar-refractivity contribution in [3.8, 4) is 0 Å². The predicted octanol–water partition coefficient (Wildman–Crippen LogP) is 2.27. The highest BCUT2D eigenvalue weighted by Gasteiger charge is 2.18. The molecule has 1 aromatic rings. The molecule has 0 spiro atoms. The molecule has 2 heterocycles. The van der Waals surface area contributed by atoms with Crippen LogP contribution in [-0.4, -0.2) is 35.4 Å². The first-order valence-electron chi connectivity index (χ1n) is 5.89. The molecule has 17 heavy (non-hydrogen) atoms. The third-order valence-electron chi connectivity index (χ3n) is 2.81. The number of hydrogen-bond donors (Lipinski definition) is 1. The van der Waals surface area contributed by atoms with Crippen LogP contribution in [0.2, 0.25) is 0 Å². The Bertz CT molecular complexity index is 380. The maximum Gasteiger partial charge on any atom is 0.222 e. The Balaban J connectivity index is 1.66. The SMILES string of the molecule is O=C1CCCN1CCCNc1ccc(Br)cn1. The number of amides is 1. The average Bonchev–Trinajstić information content (AvgIpc) is 2.73. The molecule has 1 fully saturated rings. The Morgan fingerprint density at radius 1 is 1.47 bits per heavy atom. The van der Waals surface area contributed by atoms with Gasteiger partial charge in [-0.15, -0.1) is 0 Å². The van der Waals surface area contributed by atoms with Gasteiger partial charge in [-0.25, -0.2) is 4.98 Å². The Labute approximate surface area is 110 Å². The first-order valence-corrected chi connectivity index (χ1v) is 6.68. The standard InChI is InChI=1S/C12H16BrN3O/c13-10-4-5-11(15-9-10)14-6-2-8-16-7-1-3-12(16)17/h4-5,9H,1-3,6-8H2,(H,14,15). The van der Waals surface area contributed by atoms with Crippen LogP contribution in [0, 0.1) is 0 Å². The number of rotatable bonds is 5. The third-order valence-corrected chi connectivity index (χ3v) is 3.28. The number of halogens is 1. The highest BCUT2D eigenvalue weighted by Crippen LogP contribution is 2.11. The predicted molar refractivity (Wildman–Crippen MR) is 70.9 cm³/mol. The minimum absolute atomic E-state index is 0.298. The van der Waals surface area contributed by atoms with Crippen LogP contribution in [0.5, 0.6) is 0 Å². The van der Waals surface area contributed by atoms with Gasteiger partial charge in [0.25, 0.3) is 0 Å². The summed E-state index contributed by atoms with van der Waals surface area (Å²) in [5, 5.41) is 3.24.